The van der Waals surface area contributed by atoms with Crippen molar-refractivity contribution < 1.29 is 4.74 Å². The topological polar surface area (TPSA) is 91.5 Å². The Bertz CT molecular complexity index is 1660. The molecule has 0 aliphatic carbocycles. The maximum Gasteiger partial charge on any atom is 0.159 e. The summed E-state index contributed by atoms with van der Waals surface area (Å²) in [5.41, 5.74) is 6.66. The Morgan fingerprint density at radius 3 is 2.69 bits per heavy atom. The quantitative estimate of drug-likeness (QED) is 0.273. The highest BCUT2D eigenvalue weighted by Crippen LogP contribution is 2.34. The fourth-order valence-electron chi connectivity index (χ4n) is 4.87. The number of hydrogen-bond donors (Lipinski definition) is 3. The Morgan fingerprint density at radius 1 is 0.889 bits per heavy atom. The van der Waals surface area contributed by atoms with Crippen molar-refractivity contribution in [3.05, 3.63) is 72.2 Å². The molecule has 0 saturated carbocycles. The van der Waals surface area contributed by atoms with Crippen LogP contribution in [-0.2, 0) is 0 Å². The van der Waals surface area contributed by atoms with Gasteiger partial charge in [0.05, 0.1) is 15.9 Å². The average Bonchev–Trinajstić information content (AvgIpc) is 3.68. The molecule has 0 bridgehead atoms. The van der Waals surface area contributed by atoms with Gasteiger partial charge in [-0.2, -0.15) is 5.10 Å². The maximum atomic E-state index is 6.28. The lowest BCUT2D eigenvalue weighted by atomic mass is 10.0. The molecule has 0 amide bonds. The van der Waals surface area contributed by atoms with Crippen LogP contribution in [0, 0.1) is 0 Å². The molecule has 0 unspecified atom stereocenters. The van der Waals surface area contributed by atoms with Gasteiger partial charge in [-0.3, -0.25) is 10.1 Å². The lowest BCUT2D eigenvalue weighted by Gasteiger charge is -2.24. The highest BCUT2D eigenvalue weighted by atomic mass is 32.1. The van der Waals surface area contributed by atoms with E-state index in [0.29, 0.717) is 0 Å². The predicted octanol–water partition coefficient (Wildman–Crippen LogP) is 6.03. The standard InChI is InChI=1S/C28H24N6OS/c1-3-17(15-20(4-1)35-19-8-11-29-12-9-19)18-6-7-22-21(16-18)25(34-33-22)28-31-23-10-13-30-27(26(23)32-28)24-5-2-14-36-24/h1-7,10,13-16,19,29H,8-9,11-12H2,(H,31,32)(H,33,34). The summed E-state index contributed by atoms with van der Waals surface area (Å²) in [5.74, 6) is 1.64. The Kier molecular flexibility index (Phi) is 5.26. The number of aromatic nitrogens is 5. The number of imidazole rings is 1. The second-order valence-electron chi connectivity index (χ2n) is 9.05. The molecule has 4 aromatic heterocycles. The van der Waals surface area contributed by atoms with E-state index in [1.54, 1.807) is 11.3 Å². The molecule has 6 aromatic rings. The van der Waals surface area contributed by atoms with Gasteiger partial charge in [0.1, 0.15) is 28.8 Å². The first kappa shape index (κ1) is 21.3. The van der Waals surface area contributed by atoms with E-state index in [1.165, 1.54) is 0 Å². The number of H-pyrrole nitrogens is 2. The third-order valence-corrected chi connectivity index (χ3v) is 7.58. The lowest BCUT2D eigenvalue weighted by molar-refractivity contribution is 0.162. The number of fused-ring (bicyclic) bond motifs is 2. The molecule has 1 aliphatic rings. The number of pyridine rings is 1. The molecule has 0 spiro atoms. The van der Waals surface area contributed by atoms with Gasteiger partial charge in [0, 0.05) is 11.6 Å². The largest absolute Gasteiger partial charge is 0.490 e. The Hall–Kier alpha value is -4.01. The monoisotopic (exact) mass is 492 g/mol. The van der Waals surface area contributed by atoms with Gasteiger partial charge in [0.2, 0.25) is 0 Å². The Morgan fingerprint density at radius 2 is 1.81 bits per heavy atom. The van der Waals surface area contributed by atoms with E-state index >= 15 is 0 Å². The molecule has 1 aliphatic heterocycles. The van der Waals surface area contributed by atoms with Crippen LogP contribution in [-0.4, -0.2) is 44.3 Å². The third kappa shape index (κ3) is 3.84. The summed E-state index contributed by atoms with van der Waals surface area (Å²) in [5, 5.41) is 14.2. The SMILES string of the molecule is c1cc(OC2CCNCC2)cc(-c2ccc3[nH]nc(-c4nc5c(-c6cccs6)nccc5[nH]4)c3c2)c1. The molecule has 36 heavy (non-hydrogen) atoms. The van der Waals surface area contributed by atoms with Gasteiger partial charge in [0.15, 0.2) is 5.82 Å². The average molecular weight is 493 g/mol. The summed E-state index contributed by atoms with van der Waals surface area (Å²) in [6.45, 7) is 2.02. The summed E-state index contributed by atoms with van der Waals surface area (Å²) >= 11 is 1.66. The number of ether oxygens (including phenoxy) is 1. The molecule has 3 N–H and O–H groups in total. The van der Waals surface area contributed by atoms with E-state index in [1.807, 2.05) is 24.4 Å². The fraction of sp³-hybridized carbons (Fsp3) is 0.179. The first-order valence-electron chi connectivity index (χ1n) is 12.2. The van der Waals surface area contributed by atoms with Gasteiger partial charge in [-0.15, -0.1) is 11.3 Å². The number of rotatable bonds is 5. The zero-order chi connectivity index (χ0) is 23.9. The van der Waals surface area contributed by atoms with Crippen molar-refractivity contribution >= 4 is 33.3 Å². The summed E-state index contributed by atoms with van der Waals surface area (Å²) in [4.78, 5) is 14.1. The van der Waals surface area contributed by atoms with Crippen LogP contribution in [0.3, 0.4) is 0 Å². The first-order valence-corrected chi connectivity index (χ1v) is 13.0. The van der Waals surface area contributed by atoms with Gasteiger partial charge >= 0.3 is 0 Å². The number of thiophene rings is 1. The van der Waals surface area contributed by atoms with E-state index < -0.39 is 0 Å². The van der Waals surface area contributed by atoms with Crippen molar-refractivity contribution in [3.8, 4) is 39.0 Å². The maximum absolute atomic E-state index is 6.28. The van der Waals surface area contributed by atoms with E-state index in [0.717, 1.165) is 86.8 Å². The van der Waals surface area contributed by atoms with E-state index in [-0.39, 0.29) is 6.10 Å². The Balaban J connectivity index is 1.26. The third-order valence-electron chi connectivity index (χ3n) is 6.70. The van der Waals surface area contributed by atoms with Crippen LogP contribution >= 0.6 is 11.3 Å². The molecule has 0 radical (unpaired) electrons. The highest BCUT2D eigenvalue weighted by molar-refractivity contribution is 7.13. The molecule has 2 aromatic carbocycles. The Labute approximate surface area is 211 Å². The van der Waals surface area contributed by atoms with Crippen molar-refractivity contribution in [2.45, 2.75) is 18.9 Å². The minimum atomic E-state index is 0.270. The van der Waals surface area contributed by atoms with Crippen LogP contribution in [0.1, 0.15) is 12.8 Å². The smallest absolute Gasteiger partial charge is 0.159 e. The second kappa shape index (κ2) is 8.89. The summed E-state index contributed by atoms with van der Waals surface area (Å²) in [7, 11) is 0. The van der Waals surface area contributed by atoms with Crippen LogP contribution in [0.5, 0.6) is 5.75 Å². The van der Waals surface area contributed by atoms with Gasteiger partial charge in [-0.1, -0.05) is 24.3 Å². The van der Waals surface area contributed by atoms with E-state index in [4.69, 9.17) is 9.72 Å². The molecule has 178 valence electrons. The molecule has 5 heterocycles. The number of hydrogen-bond acceptors (Lipinski definition) is 6. The first-order chi connectivity index (χ1) is 17.8. The lowest BCUT2D eigenvalue weighted by Crippen LogP contribution is -2.34. The second-order valence-corrected chi connectivity index (χ2v) is 9.99. The van der Waals surface area contributed by atoms with Gasteiger partial charge < -0.3 is 15.0 Å². The molecule has 0 atom stereocenters. The van der Waals surface area contributed by atoms with E-state index in [2.05, 4.69) is 73.3 Å². The van der Waals surface area contributed by atoms with Crippen LogP contribution in [0.2, 0.25) is 0 Å². The van der Waals surface area contributed by atoms with Crippen LogP contribution in [0.15, 0.2) is 72.2 Å². The van der Waals surface area contributed by atoms with Crippen molar-refractivity contribution in [3.63, 3.8) is 0 Å². The molecule has 7 rings (SSSR count). The molecular formula is C28H24N6OS. The van der Waals surface area contributed by atoms with Crippen LogP contribution < -0.4 is 10.1 Å². The van der Waals surface area contributed by atoms with Gasteiger partial charge in [-0.05, 0) is 78.8 Å². The molecule has 7 nitrogen and oxygen atoms in total. The van der Waals surface area contributed by atoms with Crippen molar-refractivity contribution in [1.82, 2.24) is 30.5 Å². The number of benzene rings is 2. The summed E-state index contributed by atoms with van der Waals surface area (Å²) in [6.07, 6.45) is 4.16. The predicted molar refractivity (Wildman–Crippen MR) is 144 cm³/mol. The normalized spacial score (nSPS) is 14.6. The van der Waals surface area contributed by atoms with Crippen LogP contribution in [0.4, 0.5) is 0 Å². The summed E-state index contributed by atoms with van der Waals surface area (Å²) in [6, 6.07) is 20.8. The van der Waals surface area contributed by atoms with E-state index in [9.17, 15) is 0 Å². The number of nitrogens with one attached hydrogen (secondary N) is 3. The molecule has 1 saturated heterocycles. The molecule has 8 heteroatoms. The molecule has 1 fully saturated rings. The van der Waals surface area contributed by atoms with Crippen LogP contribution in [0.25, 0.3) is 55.2 Å². The fourth-order valence-corrected chi connectivity index (χ4v) is 5.59. The highest BCUT2D eigenvalue weighted by Gasteiger charge is 2.18. The number of piperidine rings is 1. The van der Waals surface area contributed by atoms with Gasteiger partial charge in [0.25, 0.3) is 0 Å². The summed E-state index contributed by atoms with van der Waals surface area (Å²) < 4.78 is 6.28. The minimum absolute atomic E-state index is 0.270. The van der Waals surface area contributed by atoms with Gasteiger partial charge in [-0.25, -0.2) is 4.98 Å². The molecular weight excluding hydrogens is 468 g/mol. The van der Waals surface area contributed by atoms with Crippen molar-refractivity contribution in [2.24, 2.45) is 0 Å². The number of aromatic amines is 2. The minimum Gasteiger partial charge on any atom is -0.490 e. The number of nitrogens with zero attached hydrogens (tertiary/aromatic N) is 3. The van der Waals surface area contributed by atoms with Crippen molar-refractivity contribution in [1.29, 1.82) is 0 Å². The zero-order valence-electron chi connectivity index (χ0n) is 19.5. The van der Waals surface area contributed by atoms with Crippen molar-refractivity contribution in [2.75, 3.05) is 13.1 Å². The zero-order valence-corrected chi connectivity index (χ0v) is 20.3.